The van der Waals surface area contributed by atoms with Crippen molar-refractivity contribution in [3.63, 3.8) is 0 Å². The molecule has 2 aromatic carbocycles. The molecule has 1 atom stereocenters. The Morgan fingerprint density at radius 3 is 2.48 bits per heavy atom. The number of nitrogens with zero attached hydrogens (tertiary/aromatic N) is 2. The Hall–Kier alpha value is -3.39. The molecule has 0 aliphatic rings. The second-order valence-electron chi connectivity index (χ2n) is 5.72. The summed E-state index contributed by atoms with van der Waals surface area (Å²) in [5.74, 6) is -1.02. The lowest BCUT2D eigenvalue weighted by molar-refractivity contribution is -0.118. The molecule has 0 saturated carbocycles. The van der Waals surface area contributed by atoms with Gasteiger partial charge in [-0.1, -0.05) is 60.7 Å². The zero-order valence-corrected chi connectivity index (χ0v) is 13.6. The Kier molecular flexibility index (Phi) is 5.22. The van der Waals surface area contributed by atoms with Crippen molar-refractivity contribution in [3.05, 3.63) is 72.4 Å². The Labute approximate surface area is 146 Å². The quantitative estimate of drug-likeness (QED) is 0.721. The third-order valence-corrected chi connectivity index (χ3v) is 4.00. The second kappa shape index (κ2) is 7.93. The fourth-order valence-electron chi connectivity index (χ4n) is 2.64. The maximum Gasteiger partial charge on any atom is 0.241 e. The maximum atomic E-state index is 12.5. The number of hydrogen-bond donors (Lipinski definition) is 2. The summed E-state index contributed by atoms with van der Waals surface area (Å²) in [6.45, 7) is 0. The van der Waals surface area contributed by atoms with Crippen LogP contribution in [0.5, 0.6) is 0 Å². The molecule has 0 radical (unpaired) electrons. The molecule has 1 heterocycles. The average molecular weight is 330 g/mol. The molecule has 5 heteroatoms. The predicted octanol–water partition coefficient (Wildman–Crippen LogP) is 3.79. The van der Waals surface area contributed by atoms with Gasteiger partial charge in [-0.25, -0.2) is 0 Å². The third kappa shape index (κ3) is 4.12. The van der Waals surface area contributed by atoms with Gasteiger partial charge in [-0.3, -0.25) is 9.89 Å². The van der Waals surface area contributed by atoms with Crippen LogP contribution < -0.4 is 5.32 Å². The van der Waals surface area contributed by atoms with E-state index in [0.29, 0.717) is 18.5 Å². The van der Waals surface area contributed by atoms with Crippen LogP contribution in [0.3, 0.4) is 0 Å². The van der Waals surface area contributed by atoms with E-state index in [0.717, 1.165) is 16.8 Å². The summed E-state index contributed by atoms with van der Waals surface area (Å²) in [5, 5.41) is 19.1. The van der Waals surface area contributed by atoms with E-state index >= 15 is 0 Å². The lowest BCUT2D eigenvalue weighted by atomic mass is 9.99. The highest BCUT2D eigenvalue weighted by molar-refractivity contribution is 5.97. The number of aromatic nitrogens is 2. The normalized spacial score (nSPS) is 11.5. The van der Waals surface area contributed by atoms with E-state index < -0.39 is 5.92 Å². The highest BCUT2D eigenvalue weighted by Crippen LogP contribution is 2.25. The average Bonchev–Trinajstić information content (AvgIpc) is 3.12. The van der Waals surface area contributed by atoms with Crippen molar-refractivity contribution in [1.29, 1.82) is 5.26 Å². The Balaban J connectivity index is 1.67. The third-order valence-electron chi connectivity index (χ3n) is 4.00. The van der Waals surface area contributed by atoms with Crippen LogP contribution in [0.15, 0.2) is 66.9 Å². The number of carbonyl (C=O) groups is 1. The van der Waals surface area contributed by atoms with Crippen LogP contribution in [0.1, 0.15) is 12.0 Å². The first kappa shape index (κ1) is 16.5. The molecule has 5 nitrogen and oxygen atoms in total. The van der Waals surface area contributed by atoms with E-state index in [4.69, 9.17) is 0 Å². The van der Waals surface area contributed by atoms with Crippen LogP contribution in [0, 0.1) is 17.2 Å². The van der Waals surface area contributed by atoms with Crippen molar-refractivity contribution in [2.75, 3.05) is 5.32 Å². The highest BCUT2D eigenvalue weighted by atomic mass is 16.1. The number of aryl methyl sites for hydroxylation is 1. The lowest BCUT2D eigenvalue weighted by Gasteiger charge is -2.10. The number of benzene rings is 2. The molecule has 0 saturated heterocycles. The summed E-state index contributed by atoms with van der Waals surface area (Å²) >= 11 is 0. The van der Waals surface area contributed by atoms with Gasteiger partial charge in [0.15, 0.2) is 0 Å². The zero-order valence-electron chi connectivity index (χ0n) is 13.6. The summed E-state index contributed by atoms with van der Waals surface area (Å²) in [6.07, 6.45) is 2.72. The molecule has 124 valence electrons. The summed E-state index contributed by atoms with van der Waals surface area (Å²) in [5.41, 5.74) is 3.35. The highest BCUT2D eigenvalue weighted by Gasteiger charge is 2.20. The SMILES string of the molecule is N#C[C@H](CCc1ccccc1)C(=O)Nc1cn[nH]c1-c1ccccc1. The summed E-state index contributed by atoms with van der Waals surface area (Å²) in [7, 11) is 0. The van der Waals surface area contributed by atoms with Gasteiger partial charge in [-0.05, 0) is 18.4 Å². The van der Waals surface area contributed by atoms with E-state index in [9.17, 15) is 10.1 Å². The molecule has 0 aliphatic heterocycles. The van der Waals surface area contributed by atoms with Crippen molar-refractivity contribution in [1.82, 2.24) is 10.2 Å². The minimum absolute atomic E-state index is 0.308. The first-order chi connectivity index (χ1) is 12.3. The van der Waals surface area contributed by atoms with Crippen molar-refractivity contribution in [3.8, 4) is 17.3 Å². The van der Waals surface area contributed by atoms with Crippen LogP contribution in [0.2, 0.25) is 0 Å². The molecule has 0 aliphatic carbocycles. The van der Waals surface area contributed by atoms with Crippen molar-refractivity contribution in [2.24, 2.45) is 5.92 Å². The van der Waals surface area contributed by atoms with Crippen molar-refractivity contribution >= 4 is 11.6 Å². The van der Waals surface area contributed by atoms with Gasteiger partial charge in [-0.2, -0.15) is 10.4 Å². The first-order valence-corrected chi connectivity index (χ1v) is 8.11. The van der Waals surface area contributed by atoms with Gasteiger partial charge in [0.1, 0.15) is 5.92 Å². The van der Waals surface area contributed by atoms with Crippen LogP contribution in [0.4, 0.5) is 5.69 Å². The van der Waals surface area contributed by atoms with Gasteiger partial charge in [0.2, 0.25) is 5.91 Å². The molecule has 3 rings (SSSR count). The Bertz CT molecular complexity index is 865. The van der Waals surface area contributed by atoms with Gasteiger partial charge in [-0.15, -0.1) is 0 Å². The second-order valence-corrected chi connectivity index (χ2v) is 5.72. The topological polar surface area (TPSA) is 81.6 Å². The molecule has 0 fully saturated rings. The number of nitriles is 1. The first-order valence-electron chi connectivity index (χ1n) is 8.11. The predicted molar refractivity (Wildman–Crippen MR) is 96.5 cm³/mol. The standard InChI is InChI=1S/C20H18N4O/c21-13-17(12-11-15-7-3-1-4-8-15)20(25)23-18-14-22-24-19(18)16-9-5-2-6-10-16/h1-10,14,17H,11-12H2,(H,22,24)(H,23,25)/t17-/m0/s1. The van der Waals surface area contributed by atoms with E-state index in [1.165, 1.54) is 0 Å². The number of H-pyrrole nitrogens is 1. The van der Waals surface area contributed by atoms with Gasteiger partial charge in [0.05, 0.1) is 23.6 Å². The summed E-state index contributed by atoms with van der Waals surface area (Å²) in [6, 6.07) is 21.6. The number of aromatic amines is 1. The molecular weight excluding hydrogens is 312 g/mol. The lowest BCUT2D eigenvalue weighted by Crippen LogP contribution is -2.22. The van der Waals surface area contributed by atoms with E-state index in [1.807, 2.05) is 60.7 Å². The van der Waals surface area contributed by atoms with Gasteiger partial charge in [0, 0.05) is 5.56 Å². The molecule has 1 amide bonds. The molecule has 1 aromatic heterocycles. The molecule has 0 bridgehead atoms. The van der Waals surface area contributed by atoms with Crippen molar-refractivity contribution in [2.45, 2.75) is 12.8 Å². The molecular formula is C20H18N4O. The molecule has 2 N–H and O–H groups in total. The van der Waals surface area contributed by atoms with E-state index in [-0.39, 0.29) is 5.91 Å². The molecule has 0 unspecified atom stereocenters. The fraction of sp³-hybridized carbons (Fsp3) is 0.150. The van der Waals surface area contributed by atoms with Crippen molar-refractivity contribution < 1.29 is 4.79 Å². The van der Waals surface area contributed by atoms with Crippen LogP contribution in [0.25, 0.3) is 11.3 Å². The summed E-state index contributed by atoms with van der Waals surface area (Å²) in [4.78, 5) is 12.5. The smallest absolute Gasteiger partial charge is 0.241 e. The van der Waals surface area contributed by atoms with Gasteiger partial charge in [0.25, 0.3) is 0 Å². The largest absolute Gasteiger partial charge is 0.322 e. The van der Waals surface area contributed by atoms with Crippen LogP contribution in [-0.4, -0.2) is 16.1 Å². The minimum Gasteiger partial charge on any atom is -0.322 e. The Morgan fingerprint density at radius 1 is 1.12 bits per heavy atom. The van der Waals surface area contributed by atoms with E-state index in [2.05, 4.69) is 21.6 Å². The number of nitrogens with one attached hydrogen (secondary N) is 2. The molecule has 3 aromatic rings. The maximum absolute atomic E-state index is 12.5. The number of anilines is 1. The number of hydrogen-bond acceptors (Lipinski definition) is 3. The monoisotopic (exact) mass is 330 g/mol. The van der Waals surface area contributed by atoms with Crippen LogP contribution >= 0.6 is 0 Å². The summed E-state index contributed by atoms with van der Waals surface area (Å²) < 4.78 is 0. The fourth-order valence-corrected chi connectivity index (χ4v) is 2.64. The number of rotatable bonds is 6. The Morgan fingerprint density at radius 2 is 1.80 bits per heavy atom. The number of amides is 1. The molecule has 25 heavy (non-hydrogen) atoms. The van der Waals surface area contributed by atoms with Crippen LogP contribution in [-0.2, 0) is 11.2 Å². The van der Waals surface area contributed by atoms with E-state index in [1.54, 1.807) is 6.20 Å². The van der Waals surface area contributed by atoms with Gasteiger partial charge >= 0.3 is 0 Å². The zero-order chi connectivity index (χ0) is 17.5. The molecule has 0 spiro atoms. The van der Waals surface area contributed by atoms with Gasteiger partial charge < -0.3 is 5.32 Å². The number of carbonyl (C=O) groups excluding carboxylic acids is 1. The minimum atomic E-state index is -0.710.